The van der Waals surface area contributed by atoms with E-state index in [1.165, 1.54) is 31.4 Å². The predicted octanol–water partition coefficient (Wildman–Crippen LogP) is 1.39. The molecule has 0 bridgehead atoms. The summed E-state index contributed by atoms with van der Waals surface area (Å²) in [5.74, 6) is 0.416. The van der Waals surface area contributed by atoms with Crippen molar-refractivity contribution in [2.24, 2.45) is 0 Å². The fourth-order valence-corrected chi connectivity index (χ4v) is 2.85. The van der Waals surface area contributed by atoms with Crippen molar-refractivity contribution in [3.05, 3.63) is 34.4 Å². The van der Waals surface area contributed by atoms with Crippen LogP contribution in [-0.2, 0) is 23.7 Å². The highest BCUT2D eigenvalue weighted by atomic mass is 16.7. The molecule has 0 aliphatic carbocycles. The lowest BCUT2D eigenvalue weighted by molar-refractivity contribution is -0.384. The van der Waals surface area contributed by atoms with Gasteiger partial charge in [-0.2, -0.15) is 0 Å². The Bertz CT molecular complexity index is 552. The summed E-state index contributed by atoms with van der Waals surface area (Å²) in [7, 11) is 6.20. The van der Waals surface area contributed by atoms with Crippen LogP contribution in [0.3, 0.4) is 0 Å². The molecule has 5 atom stereocenters. The van der Waals surface area contributed by atoms with Crippen LogP contribution in [0.25, 0.3) is 0 Å². The van der Waals surface area contributed by atoms with Gasteiger partial charge in [0.2, 0.25) is 6.29 Å². The van der Waals surface area contributed by atoms with Crippen LogP contribution >= 0.6 is 0 Å². The van der Waals surface area contributed by atoms with Crippen molar-refractivity contribution in [1.29, 1.82) is 0 Å². The zero-order valence-corrected chi connectivity index (χ0v) is 14.6. The molecule has 0 aromatic heterocycles. The number of non-ortho nitro benzene ring substituents is 1. The first-order chi connectivity index (χ1) is 12.0. The summed E-state index contributed by atoms with van der Waals surface area (Å²) < 4.78 is 33.5. The first-order valence-corrected chi connectivity index (χ1v) is 7.69. The molecule has 0 unspecified atom stereocenters. The molecule has 1 aliphatic heterocycles. The highest BCUT2D eigenvalue weighted by Gasteiger charge is 2.48. The van der Waals surface area contributed by atoms with Crippen molar-refractivity contribution >= 4 is 5.69 Å². The average molecular weight is 357 g/mol. The first kappa shape index (κ1) is 19.5. The Balaban J connectivity index is 2.19. The molecule has 1 aliphatic rings. The second-order valence-electron chi connectivity index (χ2n) is 5.47. The molecule has 9 nitrogen and oxygen atoms in total. The molecule has 1 saturated heterocycles. The van der Waals surface area contributed by atoms with Crippen LogP contribution in [-0.4, -0.2) is 70.7 Å². The van der Waals surface area contributed by atoms with E-state index >= 15 is 0 Å². The predicted molar refractivity (Wildman–Crippen MR) is 86.7 cm³/mol. The van der Waals surface area contributed by atoms with Crippen LogP contribution in [0.1, 0.15) is 0 Å². The molecular weight excluding hydrogens is 334 g/mol. The topological polar surface area (TPSA) is 98.5 Å². The second kappa shape index (κ2) is 9.07. The number of nitro benzene ring substituents is 1. The number of benzene rings is 1. The highest BCUT2D eigenvalue weighted by molar-refractivity contribution is 5.36. The van der Waals surface area contributed by atoms with Crippen LogP contribution in [0, 0.1) is 10.1 Å². The summed E-state index contributed by atoms with van der Waals surface area (Å²) >= 11 is 0. The monoisotopic (exact) mass is 357 g/mol. The number of methoxy groups -OCH3 is 4. The molecule has 9 heteroatoms. The number of hydrogen-bond donors (Lipinski definition) is 0. The van der Waals surface area contributed by atoms with Crippen molar-refractivity contribution in [2.75, 3.05) is 35.0 Å². The summed E-state index contributed by atoms with van der Waals surface area (Å²) in [6.07, 6.45) is -2.60. The van der Waals surface area contributed by atoms with Gasteiger partial charge in [0.05, 0.1) is 11.5 Å². The van der Waals surface area contributed by atoms with E-state index < -0.39 is 35.6 Å². The largest absolute Gasteiger partial charge is 0.462 e. The Morgan fingerprint density at radius 3 is 2.08 bits per heavy atom. The van der Waals surface area contributed by atoms with Gasteiger partial charge in [-0.15, -0.1) is 0 Å². The molecule has 0 N–H and O–H groups in total. The molecule has 0 spiro atoms. The fraction of sp³-hybridized carbons (Fsp3) is 0.625. The van der Waals surface area contributed by atoms with Gasteiger partial charge in [-0.05, 0) is 12.1 Å². The quantitative estimate of drug-likeness (QED) is 0.508. The Hall–Kier alpha value is -1.78. The minimum absolute atomic E-state index is 0.0216. The Labute approximate surface area is 145 Å². The molecule has 2 rings (SSSR count). The van der Waals surface area contributed by atoms with Crippen LogP contribution < -0.4 is 4.74 Å². The Kier molecular flexibility index (Phi) is 7.09. The average Bonchev–Trinajstić information content (AvgIpc) is 2.61. The van der Waals surface area contributed by atoms with E-state index in [1.807, 2.05) is 0 Å². The second-order valence-corrected chi connectivity index (χ2v) is 5.47. The number of nitro groups is 1. The molecule has 25 heavy (non-hydrogen) atoms. The molecule has 0 saturated carbocycles. The molecule has 0 radical (unpaired) electrons. The molecule has 140 valence electrons. The smallest absolute Gasteiger partial charge is 0.269 e. The van der Waals surface area contributed by atoms with E-state index in [9.17, 15) is 10.1 Å². The number of ether oxygens (including phenoxy) is 6. The molecule has 1 fully saturated rings. The summed E-state index contributed by atoms with van der Waals surface area (Å²) in [4.78, 5) is 10.3. The van der Waals surface area contributed by atoms with Gasteiger partial charge in [0.15, 0.2) is 0 Å². The lowest BCUT2D eigenvalue weighted by Crippen LogP contribution is -2.62. The molecule has 0 amide bonds. The van der Waals surface area contributed by atoms with Gasteiger partial charge in [0.25, 0.3) is 5.69 Å². The van der Waals surface area contributed by atoms with Gasteiger partial charge >= 0.3 is 0 Å². The minimum atomic E-state index is -0.789. The van der Waals surface area contributed by atoms with E-state index in [2.05, 4.69) is 0 Å². The van der Waals surface area contributed by atoms with E-state index in [1.54, 1.807) is 21.3 Å². The van der Waals surface area contributed by atoms with Gasteiger partial charge in [0.1, 0.15) is 30.2 Å². The zero-order valence-electron chi connectivity index (χ0n) is 14.6. The molecule has 1 heterocycles. The highest BCUT2D eigenvalue weighted by Crippen LogP contribution is 2.29. The number of hydrogen-bond acceptors (Lipinski definition) is 8. The van der Waals surface area contributed by atoms with E-state index in [-0.39, 0.29) is 12.3 Å². The van der Waals surface area contributed by atoms with Gasteiger partial charge in [-0.25, -0.2) is 0 Å². The minimum Gasteiger partial charge on any atom is -0.462 e. The van der Waals surface area contributed by atoms with Gasteiger partial charge < -0.3 is 28.4 Å². The van der Waals surface area contributed by atoms with Crippen molar-refractivity contribution in [2.45, 2.75) is 30.7 Å². The first-order valence-electron chi connectivity index (χ1n) is 7.69. The van der Waals surface area contributed by atoms with Gasteiger partial charge in [-0.1, -0.05) is 0 Å². The van der Waals surface area contributed by atoms with Crippen LogP contribution in [0.5, 0.6) is 5.75 Å². The third kappa shape index (κ3) is 4.44. The molecule has 1 aromatic rings. The zero-order chi connectivity index (χ0) is 18.4. The lowest BCUT2D eigenvalue weighted by Gasteiger charge is -2.44. The maximum absolute atomic E-state index is 10.7. The van der Waals surface area contributed by atoms with E-state index in [0.717, 1.165) is 0 Å². The van der Waals surface area contributed by atoms with Crippen LogP contribution in [0.2, 0.25) is 0 Å². The van der Waals surface area contributed by atoms with Crippen LogP contribution in [0.4, 0.5) is 5.69 Å². The van der Waals surface area contributed by atoms with Gasteiger partial charge in [0, 0.05) is 40.6 Å². The maximum atomic E-state index is 10.7. The van der Waals surface area contributed by atoms with Crippen molar-refractivity contribution in [3.8, 4) is 5.75 Å². The third-order valence-corrected chi connectivity index (χ3v) is 4.04. The number of nitrogens with zero attached hydrogens (tertiary/aromatic N) is 1. The lowest BCUT2D eigenvalue weighted by atomic mass is 9.98. The molecular formula is C16H23NO8. The number of rotatable bonds is 8. The Morgan fingerprint density at radius 1 is 1.00 bits per heavy atom. The summed E-state index contributed by atoms with van der Waals surface area (Å²) in [5.41, 5.74) is -0.0216. The van der Waals surface area contributed by atoms with Crippen LogP contribution in [0.15, 0.2) is 24.3 Å². The molecule has 1 aromatic carbocycles. The van der Waals surface area contributed by atoms with Crippen molar-refractivity contribution in [1.82, 2.24) is 0 Å². The van der Waals surface area contributed by atoms with Gasteiger partial charge in [-0.3, -0.25) is 10.1 Å². The maximum Gasteiger partial charge on any atom is 0.269 e. The van der Waals surface area contributed by atoms with Crippen molar-refractivity contribution in [3.63, 3.8) is 0 Å². The summed E-state index contributed by atoms with van der Waals surface area (Å²) in [5, 5.41) is 10.7. The standard InChI is InChI=1S/C16H23NO8/c1-20-9-12-13(21-2)14(22-3)15(23-4)16(25-12)24-11-7-5-10(6-8-11)17(18)19/h5-8,12-16H,9H2,1-4H3/t12-,13-,14+,15-,16-/m1/s1. The van der Waals surface area contributed by atoms with E-state index in [4.69, 9.17) is 28.4 Å². The van der Waals surface area contributed by atoms with E-state index in [0.29, 0.717) is 5.75 Å². The fourth-order valence-electron chi connectivity index (χ4n) is 2.85. The summed E-state index contributed by atoms with van der Waals surface area (Å²) in [6.45, 7) is 0.287. The van der Waals surface area contributed by atoms with Crippen molar-refractivity contribution < 1.29 is 33.3 Å². The SMILES string of the molecule is COC[C@H]1O[C@@H](Oc2ccc([N+](=O)[O-])cc2)[C@H](OC)[C@@H](OC)[C@@H]1OC. The third-order valence-electron chi connectivity index (χ3n) is 4.04. The summed E-state index contributed by atoms with van der Waals surface area (Å²) in [6, 6.07) is 5.73. The normalized spacial score (nSPS) is 29.4. The Morgan fingerprint density at radius 2 is 1.60 bits per heavy atom.